The summed E-state index contributed by atoms with van der Waals surface area (Å²) in [6, 6.07) is 7.76. The molecule has 9 nitrogen and oxygen atoms in total. The molecule has 1 aromatic carbocycles. The van der Waals surface area contributed by atoms with Gasteiger partial charge in [0, 0.05) is 35.9 Å². The van der Waals surface area contributed by atoms with Gasteiger partial charge in [0.15, 0.2) is 5.82 Å². The van der Waals surface area contributed by atoms with Gasteiger partial charge in [0.1, 0.15) is 35.1 Å². The van der Waals surface area contributed by atoms with E-state index >= 15 is 0 Å². The molecular weight excluding hydrogens is 414 g/mol. The van der Waals surface area contributed by atoms with Crippen molar-refractivity contribution in [2.45, 2.75) is 31.5 Å². The van der Waals surface area contributed by atoms with Crippen LogP contribution in [0.1, 0.15) is 23.4 Å². The van der Waals surface area contributed by atoms with Gasteiger partial charge in [0.25, 0.3) is 0 Å². The summed E-state index contributed by atoms with van der Waals surface area (Å²) in [6.07, 6.45) is 4.49. The summed E-state index contributed by atoms with van der Waals surface area (Å²) in [5.74, 6) is 2.32. The molecule has 1 fully saturated rings. The molecule has 6 N–H and O–H groups in total. The van der Waals surface area contributed by atoms with E-state index < -0.39 is 6.10 Å². The highest BCUT2D eigenvalue weighted by molar-refractivity contribution is 7.09. The van der Waals surface area contributed by atoms with Gasteiger partial charge in [-0.2, -0.15) is 0 Å². The van der Waals surface area contributed by atoms with Crippen LogP contribution in [0.4, 0.5) is 11.6 Å². The van der Waals surface area contributed by atoms with Gasteiger partial charge in [-0.25, -0.2) is 15.0 Å². The quantitative estimate of drug-likeness (QED) is 0.287. The molecule has 1 aliphatic rings. The van der Waals surface area contributed by atoms with Crippen molar-refractivity contribution in [3.63, 3.8) is 0 Å². The van der Waals surface area contributed by atoms with Gasteiger partial charge in [0.2, 0.25) is 0 Å². The van der Waals surface area contributed by atoms with E-state index in [2.05, 4.69) is 15.6 Å². The second kappa shape index (κ2) is 9.82. The number of aliphatic hydroxyl groups excluding tert-OH is 1. The average Bonchev–Trinajstić information content (AvgIpc) is 3.46. The Labute approximate surface area is 184 Å². The summed E-state index contributed by atoms with van der Waals surface area (Å²) in [5.41, 5.74) is 6.83. The number of thiazole rings is 1. The van der Waals surface area contributed by atoms with Crippen LogP contribution in [-0.2, 0) is 6.54 Å². The second-order valence-electron chi connectivity index (χ2n) is 7.23. The minimum Gasteiger partial charge on any atom is -0.491 e. The fourth-order valence-corrected chi connectivity index (χ4v) is 3.44. The summed E-state index contributed by atoms with van der Waals surface area (Å²) in [4.78, 5) is 13.7. The van der Waals surface area contributed by atoms with Crippen molar-refractivity contribution in [1.29, 1.82) is 5.41 Å². The third kappa shape index (κ3) is 5.54. The SMILES string of the molecule is N=Cc1c(NCc2nccs2)nc(-c2cccc(OCC(O)CN)c2)nc1NC1CC1. The van der Waals surface area contributed by atoms with E-state index in [4.69, 9.17) is 25.8 Å². The first kappa shape index (κ1) is 21.2. The number of rotatable bonds is 11. The van der Waals surface area contributed by atoms with Crippen molar-refractivity contribution in [1.82, 2.24) is 15.0 Å². The average molecular weight is 440 g/mol. The molecule has 0 amide bonds. The maximum atomic E-state index is 9.65. The summed E-state index contributed by atoms with van der Waals surface area (Å²) in [7, 11) is 0. The highest BCUT2D eigenvalue weighted by Gasteiger charge is 2.24. The summed E-state index contributed by atoms with van der Waals surface area (Å²) in [5, 5.41) is 27.1. The van der Waals surface area contributed by atoms with E-state index in [9.17, 15) is 5.11 Å². The lowest BCUT2D eigenvalue weighted by Crippen LogP contribution is -2.26. The van der Waals surface area contributed by atoms with Crippen molar-refractivity contribution in [3.8, 4) is 17.1 Å². The Bertz CT molecular complexity index is 1020. The van der Waals surface area contributed by atoms with E-state index in [1.807, 2.05) is 29.6 Å². The van der Waals surface area contributed by atoms with Gasteiger partial charge in [-0.3, -0.25) is 0 Å². The largest absolute Gasteiger partial charge is 0.491 e. The lowest BCUT2D eigenvalue weighted by Gasteiger charge is -2.15. The number of nitrogens with zero attached hydrogens (tertiary/aromatic N) is 3. The molecule has 0 saturated heterocycles. The number of benzene rings is 1. The van der Waals surface area contributed by atoms with Crippen molar-refractivity contribution in [2.75, 3.05) is 23.8 Å². The number of nitrogens with two attached hydrogens (primary N) is 1. The van der Waals surface area contributed by atoms with Crippen LogP contribution in [0.25, 0.3) is 11.4 Å². The van der Waals surface area contributed by atoms with E-state index in [-0.39, 0.29) is 13.2 Å². The molecule has 162 valence electrons. The predicted molar refractivity (Wildman–Crippen MR) is 122 cm³/mol. The first-order valence-corrected chi connectivity index (χ1v) is 11.0. The molecule has 2 aromatic heterocycles. The number of aromatic nitrogens is 3. The molecule has 1 saturated carbocycles. The standard InChI is InChI=1S/C21H25N7O2S/c22-9-15(29)12-30-16-3-1-2-13(8-16)19-27-20(25-11-18-24-6-7-31-18)17(10-23)21(28-19)26-14-4-5-14/h1-3,6-8,10,14-15,23,29H,4-5,9,11-12,22H2,(H2,25,26,27,28). The van der Waals surface area contributed by atoms with Crippen LogP contribution >= 0.6 is 11.3 Å². The smallest absolute Gasteiger partial charge is 0.164 e. The van der Waals surface area contributed by atoms with Crippen LogP contribution in [0.2, 0.25) is 0 Å². The van der Waals surface area contributed by atoms with Crippen LogP contribution in [0.15, 0.2) is 35.8 Å². The second-order valence-corrected chi connectivity index (χ2v) is 8.21. The first-order valence-electron chi connectivity index (χ1n) is 10.1. The lowest BCUT2D eigenvalue weighted by molar-refractivity contribution is 0.114. The van der Waals surface area contributed by atoms with Gasteiger partial charge in [-0.1, -0.05) is 12.1 Å². The number of hydrogen-bond acceptors (Lipinski definition) is 10. The molecule has 1 unspecified atom stereocenters. The van der Waals surface area contributed by atoms with Crippen LogP contribution in [0.5, 0.6) is 5.75 Å². The van der Waals surface area contributed by atoms with Gasteiger partial charge in [0.05, 0.1) is 12.1 Å². The third-order valence-corrected chi connectivity index (χ3v) is 5.49. The van der Waals surface area contributed by atoms with Crippen LogP contribution in [0, 0.1) is 5.41 Å². The Balaban J connectivity index is 1.64. The van der Waals surface area contributed by atoms with Crippen LogP contribution < -0.4 is 21.1 Å². The highest BCUT2D eigenvalue weighted by Crippen LogP contribution is 2.31. The molecule has 1 aliphatic carbocycles. The van der Waals surface area contributed by atoms with Gasteiger partial charge in [-0.15, -0.1) is 11.3 Å². The topological polar surface area (TPSA) is 142 Å². The van der Waals surface area contributed by atoms with E-state index in [1.54, 1.807) is 17.5 Å². The normalized spacial score (nSPS) is 14.1. The maximum Gasteiger partial charge on any atom is 0.164 e. The molecule has 0 bridgehead atoms. The number of hydrogen-bond donors (Lipinski definition) is 5. The Morgan fingerprint density at radius 2 is 2.16 bits per heavy atom. The zero-order chi connectivity index (χ0) is 21.6. The molecule has 0 aliphatic heterocycles. The Hall–Kier alpha value is -3.08. The van der Waals surface area contributed by atoms with Gasteiger partial charge >= 0.3 is 0 Å². The van der Waals surface area contributed by atoms with E-state index in [1.165, 1.54) is 6.21 Å². The minimum absolute atomic E-state index is 0.114. The number of ether oxygens (including phenoxy) is 1. The van der Waals surface area contributed by atoms with Crippen molar-refractivity contribution < 1.29 is 9.84 Å². The molecule has 3 aromatic rings. The zero-order valence-corrected chi connectivity index (χ0v) is 17.7. The molecule has 0 radical (unpaired) electrons. The van der Waals surface area contributed by atoms with E-state index in [0.29, 0.717) is 41.4 Å². The monoisotopic (exact) mass is 439 g/mol. The minimum atomic E-state index is -0.720. The number of anilines is 2. The lowest BCUT2D eigenvalue weighted by atomic mass is 10.2. The molecule has 31 heavy (non-hydrogen) atoms. The fraction of sp³-hybridized carbons (Fsp3) is 0.333. The van der Waals surface area contributed by atoms with Crippen molar-refractivity contribution in [2.24, 2.45) is 5.73 Å². The Morgan fingerprint density at radius 3 is 2.87 bits per heavy atom. The zero-order valence-electron chi connectivity index (χ0n) is 16.9. The number of aliphatic hydroxyl groups is 1. The molecule has 0 spiro atoms. The van der Waals surface area contributed by atoms with Crippen LogP contribution in [-0.4, -0.2) is 51.6 Å². The van der Waals surface area contributed by atoms with Crippen molar-refractivity contribution >= 4 is 29.2 Å². The molecule has 2 heterocycles. The molecule has 4 rings (SSSR count). The summed E-state index contributed by atoms with van der Waals surface area (Å²) in [6.45, 7) is 0.763. The Kier molecular flexibility index (Phi) is 6.70. The maximum absolute atomic E-state index is 9.65. The molecule has 10 heteroatoms. The van der Waals surface area contributed by atoms with Gasteiger partial charge < -0.3 is 31.6 Å². The molecular formula is C21H25N7O2S. The summed E-state index contributed by atoms with van der Waals surface area (Å²) < 4.78 is 5.64. The predicted octanol–water partition coefficient (Wildman–Crippen LogP) is 2.48. The molecule has 1 atom stereocenters. The summed E-state index contributed by atoms with van der Waals surface area (Å²) >= 11 is 1.56. The van der Waals surface area contributed by atoms with Crippen molar-refractivity contribution in [3.05, 3.63) is 46.4 Å². The van der Waals surface area contributed by atoms with Crippen LogP contribution in [0.3, 0.4) is 0 Å². The number of nitrogens with one attached hydrogen (secondary N) is 3. The first-order chi connectivity index (χ1) is 15.2. The third-order valence-electron chi connectivity index (χ3n) is 4.71. The Morgan fingerprint density at radius 1 is 1.32 bits per heavy atom. The highest BCUT2D eigenvalue weighted by atomic mass is 32.1. The van der Waals surface area contributed by atoms with E-state index in [0.717, 1.165) is 23.4 Å². The van der Waals surface area contributed by atoms with Gasteiger partial charge in [-0.05, 0) is 25.0 Å². The fourth-order valence-electron chi connectivity index (χ4n) is 2.89.